The number of carbonyl (C=O) groups excluding carboxylic acids is 1. The van der Waals surface area contributed by atoms with Gasteiger partial charge >= 0.3 is 5.97 Å². The van der Waals surface area contributed by atoms with Crippen LogP contribution in [-0.2, 0) is 9.53 Å². The summed E-state index contributed by atoms with van der Waals surface area (Å²) >= 11 is 5.53. The third kappa shape index (κ3) is 4.64. The molecule has 0 saturated carbocycles. The van der Waals surface area contributed by atoms with Crippen LogP contribution < -0.4 is 5.32 Å². The van der Waals surface area contributed by atoms with Crippen LogP contribution in [0.4, 0.5) is 0 Å². The Morgan fingerprint density at radius 3 is 2.72 bits per heavy atom. The van der Waals surface area contributed by atoms with Crippen molar-refractivity contribution in [2.75, 3.05) is 13.7 Å². The summed E-state index contributed by atoms with van der Waals surface area (Å²) in [7, 11) is 1.38. The lowest BCUT2D eigenvalue weighted by Crippen LogP contribution is -2.34. The van der Waals surface area contributed by atoms with Gasteiger partial charge in [-0.25, -0.2) is 9.97 Å². The molecular weight excluding hydrogens is 262 g/mol. The Kier molecular flexibility index (Phi) is 5.47. The summed E-state index contributed by atoms with van der Waals surface area (Å²) in [5.41, 5.74) is 0.101. The number of nitrogens with zero attached hydrogens (tertiary/aromatic N) is 2. The Labute approximate surface area is 108 Å². The van der Waals surface area contributed by atoms with Gasteiger partial charge in [-0.15, -0.1) is 0 Å². The van der Waals surface area contributed by atoms with Crippen LogP contribution in [0.25, 0.3) is 0 Å². The molecular formula is C10H12ClN3O4. The summed E-state index contributed by atoms with van der Waals surface area (Å²) in [4.78, 5) is 29.6. The molecule has 1 atom stereocenters. The van der Waals surface area contributed by atoms with Gasteiger partial charge in [0, 0.05) is 13.7 Å². The summed E-state index contributed by atoms with van der Waals surface area (Å²) in [5, 5.41) is 11.3. The van der Waals surface area contributed by atoms with Crippen molar-refractivity contribution in [3.63, 3.8) is 0 Å². The number of carboxylic acid groups (broad SMARTS) is 1. The molecule has 2 N–H and O–H groups in total. The van der Waals surface area contributed by atoms with Gasteiger partial charge in [0.25, 0.3) is 5.91 Å². The number of ether oxygens (including phenoxy) is 1. The number of carbonyl (C=O) groups is 2. The second kappa shape index (κ2) is 6.87. The van der Waals surface area contributed by atoms with Crippen molar-refractivity contribution in [2.45, 2.75) is 12.5 Å². The number of aromatic nitrogens is 2. The molecule has 0 bridgehead atoms. The Balaban J connectivity index is 2.49. The standard InChI is InChI=1S/C10H12ClN3O4/c1-18-6(2-9(15)16)3-14-10(17)7-4-13-8(11)5-12-7/h4-6H,2-3H2,1H3,(H,14,17)(H,15,16). The highest BCUT2D eigenvalue weighted by atomic mass is 35.5. The minimum Gasteiger partial charge on any atom is -0.481 e. The van der Waals surface area contributed by atoms with Crippen molar-refractivity contribution in [2.24, 2.45) is 0 Å². The van der Waals surface area contributed by atoms with E-state index in [-0.39, 0.29) is 23.8 Å². The zero-order chi connectivity index (χ0) is 13.5. The molecule has 1 rings (SSSR count). The number of rotatable bonds is 6. The molecule has 0 aliphatic rings. The normalized spacial score (nSPS) is 11.9. The van der Waals surface area contributed by atoms with E-state index in [1.807, 2.05) is 0 Å². The van der Waals surface area contributed by atoms with Crippen LogP contribution in [0.3, 0.4) is 0 Å². The van der Waals surface area contributed by atoms with Crippen molar-refractivity contribution >= 4 is 23.5 Å². The molecule has 0 aromatic carbocycles. The zero-order valence-corrected chi connectivity index (χ0v) is 10.3. The van der Waals surface area contributed by atoms with Gasteiger partial charge in [-0.3, -0.25) is 9.59 Å². The molecule has 1 aromatic heterocycles. The fraction of sp³-hybridized carbons (Fsp3) is 0.400. The average Bonchev–Trinajstić information content (AvgIpc) is 2.34. The van der Waals surface area contributed by atoms with Gasteiger partial charge in [-0.1, -0.05) is 11.6 Å². The highest BCUT2D eigenvalue weighted by Crippen LogP contribution is 2.01. The fourth-order valence-electron chi connectivity index (χ4n) is 1.16. The first-order chi connectivity index (χ1) is 8.52. The van der Waals surface area contributed by atoms with Gasteiger partial charge in [0.1, 0.15) is 10.8 Å². The van der Waals surface area contributed by atoms with Gasteiger partial charge in [0.2, 0.25) is 0 Å². The minimum atomic E-state index is -0.998. The number of nitrogens with one attached hydrogen (secondary N) is 1. The second-order valence-corrected chi connectivity index (χ2v) is 3.78. The molecule has 0 aliphatic heterocycles. The summed E-state index contributed by atoms with van der Waals surface area (Å²) in [5.74, 6) is -1.46. The van der Waals surface area contributed by atoms with E-state index in [4.69, 9.17) is 21.4 Å². The number of hydrogen-bond acceptors (Lipinski definition) is 5. The lowest BCUT2D eigenvalue weighted by atomic mass is 10.2. The Hall–Kier alpha value is -1.73. The second-order valence-electron chi connectivity index (χ2n) is 3.39. The third-order valence-corrected chi connectivity index (χ3v) is 2.27. The zero-order valence-electron chi connectivity index (χ0n) is 9.59. The molecule has 1 unspecified atom stereocenters. The van der Waals surface area contributed by atoms with Crippen LogP contribution in [0.2, 0.25) is 5.15 Å². The highest BCUT2D eigenvalue weighted by Gasteiger charge is 2.15. The first-order valence-electron chi connectivity index (χ1n) is 5.03. The number of amides is 1. The molecule has 18 heavy (non-hydrogen) atoms. The summed E-state index contributed by atoms with van der Waals surface area (Å²) in [6, 6.07) is 0. The van der Waals surface area contributed by atoms with Crippen LogP contribution in [-0.4, -0.2) is 46.7 Å². The van der Waals surface area contributed by atoms with Gasteiger partial charge in [0.05, 0.1) is 24.9 Å². The molecule has 98 valence electrons. The van der Waals surface area contributed by atoms with Crippen molar-refractivity contribution in [3.05, 3.63) is 23.2 Å². The Morgan fingerprint density at radius 1 is 1.50 bits per heavy atom. The minimum absolute atomic E-state index is 0.0753. The van der Waals surface area contributed by atoms with Crippen LogP contribution >= 0.6 is 11.6 Å². The Bertz CT molecular complexity index is 424. The van der Waals surface area contributed by atoms with E-state index in [0.717, 1.165) is 0 Å². The van der Waals surface area contributed by atoms with Crippen molar-refractivity contribution in [3.8, 4) is 0 Å². The summed E-state index contributed by atoms with van der Waals surface area (Å²) < 4.78 is 4.91. The highest BCUT2D eigenvalue weighted by molar-refractivity contribution is 6.29. The maximum Gasteiger partial charge on any atom is 0.306 e. The molecule has 0 aliphatic carbocycles. The number of carboxylic acids is 1. The van der Waals surface area contributed by atoms with E-state index in [0.29, 0.717) is 0 Å². The van der Waals surface area contributed by atoms with E-state index in [1.165, 1.54) is 19.5 Å². The Morgan fingerprint density at radius 2 is 2.22 bits per heavy atom. The molecule has 0 spiro atoms. The first-order valence-corrected chi connectivity index (χ1v) is 5.41. The van der Waals surface area contributed by atoms with E-state index < -0.39 is 18.0 Å². The summed E-state index contributed by atoms with van der Waals surface area (Å²) in [6.45, 7) is 0.0753. The lowest BCUT2D eigenvalue weighted by Gasteiger charge is -2.13. The van der Waals surface area contributed by atoms with E-state index in [1.54, 1.807) is 0 Å². The quantitative estimate of drug-likeness (QED) is 0.775. The van der Waals surface area contributed by atoms with Gasteiger partial charge in [-0.05, 0) is 0 Å². The maximum absolute atomic E-state index is 11.6. The number of halogens is 1. The fourth-order valence-corrected chi connectivity index (χ4v) is 1.26. The molecule has 0 radical (unpaired) electrons. The SMILES string of the molecule is COC(CNC(=O)c1cnc(Cl)cn1)CC(=O)O. The largest absolute Gasteiger partial charge is 0.481 e. The van der Waals surface area contributed by atoms with E-state index in [2.05, 4.69) is 15.3 Å². The van der Waals surface area contributed by atoms with E-state index in [9.17, 15) is 9.59 Å². The average molecular weight is 274 g/mol. The molecule has 1 heterocycles. The topological polar surface area (TPSA) is 101 Å². The first kappa shape index (κ1) is 14.3. The van der Waals surface area contributed by atoms with E-state index >= 15 is 0 Å². The number of hydrogen-bond donors (Lipinski definition) is 2. The smallest absolute Gasteiger partial charge is 0.306 e. The number of aliphatic carboxylic acids is 1. The third-order valence-electron chi connectivity index (χ3n) is 2.08. The van der Waals surface area contributed by atoms with Crippen LogP contribution in [0, 0.1) is 0 Å². The van der Waals surface area contributed by atoms with Gasteiger partial charge < -0.3 is 15.2 Å². The monoisotopic (exact) mass is 273 g/mol. The predicted molar refractivity (Wildman–Crippen MR) is 62.4 cm³/mol. The van der Waals surface area contributed by atoms with Crippen LogP contribution in [0.15, 0.2) is 12.4 Å². The van der Waals surface area contributed by atoms with Gasteiger partial charge in [0.15, 0.2) is 0 Å². The van der Waals surface area contributed by atoms with Crippen molar-refractivity contribution < 1.29 is 19.4 Å². The maximum atomic E-state index is 11.6. The molecule has 1 amide bonds. The molecule has 0 saturated heterocycles. The molecule has 7 nitrogen and oxygen atoms in total. The summed E-state index contributed by atoms with van der Waals surface area (Å²) in [6.07, 6.45) is 1.70. The van der Waals surface area contributed by atoms with Gasteiger partial charge in [-0.2, -0.15) is 0 Å². The predicted octanol–water partition coefficient (Wildman–Crippen LogP) is 0.349. The molecule has 1 aromatic rings. The van der Waals surface area contributed by atoms with Crippen molar-refractivity contribution in [1.29, 1.82) is 0 Å². The number of methoxy groups -OCH3 is 1. The van der Waals surface area contributed by atoms with Crippen LogP contribution in [0.1, 0.15) is 16.9 Å². The molecule has 8 heteroatoms. The lowest BCUT2D eigenvalue weighted by molar-refractivity contribution is -0.139. The van der Waals surface area contributed by atoms with Crippen molar-refractivity contribution in [1.82, 2.24) is 15.3 Å². The van der Waals surface area contributed by atoms with Crippen LogP contribution in [0.5, 0.6) is 0 Å². The molecule has 0 fully saturated rings.